The van der Waals surface area contributed by atoms with E-state index in [-0.39, 0.29) is 17.7 Å². The van der Waals surface area contributed by atoms with E-state index in [9.17, 15) is 14.9 Å². The van der Waals surface area contributed by atoms with Crippen molar-refractivity contribution in [3.63, 3.8) is 0 Å². The van der Waals surface area contributed by atoms with Gasteiger partial charge in [0.15, 0.2) is 5.76 Å². The molecule has 1 saturated carbocycles. The first-order chi connectivity index (χ1) is 9.13. The van der Waals surface area contributed by atoms with Crippen molar-refractivity contribution in [1.29, 1.82) is 0 Å². The van der Waals surface area contributed by atoms with Crippen LogP contribution in [0.5, 0.6) is 0 Å². The number of carbonyl (C=O) groups is 1. The van der Waals surface area contributed by atoms with Gasteiger partial charge in [-0.15, -0.1) is 11.6 Å². The molecule has 104 valence electrons. The largest absolute Gasteiger partial charge is 0.433 e. The predicted octanol–water partition coefficient (Wildman–Crippen LogP) is 2.81. The van der Waals surface area contributed by atoms with Crippen molar-refractivity contribution >= 4 is 23.4 Å². The van der Waals surface area contributed by atoms with Gasteiger partial charge >= 0.3 is 5.88 Å². The molecule has 0 aromatic carbocycles. The second-order valence-electron chi connectivity index (χ2n) is 4.52. The Morgan fingerprint density at radius 2 is 2.16 bits per heavy atom. The van der Waals surface area contributed by atoms with Crippen molar-refractivity contribution in [1.82, 2.24) is 4.90 Å². The van der Waals surface area contributed by atoms with Gasteiger partial charge < -0.3 is 9.32 Å². The quantitative estimate of drug-likeness (QED) is 0.474. The van der Waals surface area contributed by atoms with Crippen molar-refractivity contribution in [3.8, 4) is 0 Å². The Labute approximate surface area is 115 Å². The molecule has 0 radical (unpaired) electrons. The molecule has 6 nitrogen and oxygen atoms in total. The molecule has 0 aliphatic heterocycles. The molecule has 1 amide bonds. The number of amides is 1. The van der Waals surface area contributed by atoms with E-state index in [0.29, 0.717) is 12.4 Å². The van der Waals surface area contributed by atoms with Gasteiger partial charge in [0.25, 0.3) is 5.91 Å². The molecule has 1 aliphatic carbocycles. The Morgan fingerprint density at radius 3 is 2.68 bits per heavy atom. The summed E-state index contributed by atoms with van der Waals surface area (Å²) in [4.78, 5) is 23.9. The predicted molar refractivity (Wildman–Crippen MR) is 69.4 cm³/mol. The molecule has 0 spiro atoms. The first-order valence-electron chi connectivity index (χ1n) is 6.24. The Morgan fingerprint density at radius 1 is 1.47 bits per heavy atom. The molecule has 1 fully saturated rings. The van der Waals surface area contributed by atoms with Crippen LogP contribution in [0.4, 0.5) is 5.88 Å². The van der Waals surface area contributed by atoms with Crippen LogP contribution in [-0.2, 0) is 0 Å². The monoisotopic (exact) mass is 286 g/mol. The number of furan rings is 1. The Balaban J connectivity index is 2.15. The molecule has 0 bridgehead atoms. The van der Waals surface area contributed by atoms with Gasteiger partial charge in [0.2, 0.25) is 0 Å². The second kappa shape index (κ2) is 6.06. The first kappa shape index (κ1) is 13.9. The van der Waals surface area contributed by atoms with Gasteiger partial charge in [-0.3, -0.25) is 14.9 Å². The average molecular weight is 287 g/mol. The van der Waals surface area contributed by atoms with Crippen LogP contribution in [0.2, 0.25) is 0 Å². The van der Waals surface area contributed by atoms with Crippen molar-refractivity contribution in [2.45, 2.75) is 31.7 Å². The summed E-state index contributed by atoms with van der Waals surface area (Å²) in [5.74, 6) is -0.393. The van der Waals surface area contributed by atoms with E-state index in [1.165, 1.54) is 12.1 Å². The van der Waals surface area contributed by atoms with Crippen LogP contribution in [-0.4, -0.2) is 34.2 Å². The third-order valence-corrected chi connectivity index (χ3v) is 3.50. The maximum atomic E-state index is 12.3. The fourth-order valence-electron chi connectivity index (χ4n) is 2.44. The summed E-state index contributed by atoms with van der Waals surface area (Å²) in [6, 6.07) is 2.70. The van der Waals surface area contributed by atoms with Gasteiger partial charge in [-0.05, 0) is 18.9 Å². The molecule has 0 saturated heterocycles. The van der Waals surface area contributed by atoms with Gasteiger partial charge in [-0.1, -0.05) is 12.8 Å². The van der Waals surface area contributed by atoms with Crippen molar-refractivity contribution < 1.29 is 14.1 Å². The number of carbonyl (C=O) groups excluding carboxylic acids is 1. The van der Waals surface area contributed by atoms with Gasteiger partial charge in [0.05, 0.1) is 6.07 Å². The summed E-state index contributed by atoms with van der Waals surface area (Å²) in [5.41, 5.74) is 0. The Bertz CT molecular complexity index is 468. The normalized spacial score (nSPS) is 15.6. The van der Waals surface area contributed by atoms with Gasteiger partial charge in [0.1, 0.15) is 4.92 Å². The lowest BCUT2D eigenvalue weighted by atomic mass is 10.2. The van der Waals surface area contributed by atoms with Crippen LogP contribution in [0.3, 0.4) is 0 Å². The zero-order chi connectivity index (χ0) is 13.8. The molecule has 0 unspecified atom stereocenters. The molecule has 1 heterocycles. The van der Waals surface area contributed by atoms with E-state index in [2.05, 4.69) is 0 Å². The molecule has 2 rings (SSSR count). The standard InChI is InChI=1S/C12H15ClN2O4/c13-7-8-14(9-3-1-2-4-9)12(16)10-5-6-11(19-10)15(17)18/h5-6,9H,1-4,7-8H2. The van der Waals surface area contributed by atoms with Crippen LogP contribution >= 0.6 is 11.6 Å². The fourth-order valence-corrected chi connectivity index (χ4v) is 2.62. The SMILES string of the molecule is O=C(c1ccc([N+](=O)[O-])o1)N(CCCl)C1CCCC1. The number of nitro groups is 1. The highest BCUT2D eigenvalue weighted by molar-refractivity contribution is 6.18. The van der Waals surface area contributed by atoms with E-state index in [1.807, 2.05) is 0 Å². The minimum atomic E-state index is -0.655. The summed E-state index contributed by atoms with van der Waals surface area (Å²) >= 11 is 5.73. The summed E-state index contributed by atoms with van der Waals surface area (Å²) in [7, 11) is 0. The van der Waals surface area contributed by atoms with E-state index in [0.717, 1.165) is 25.7 Å². The van der Waals surface area contributed by atoms with Crippen LogP contribution < -0.4 is 0 Å². The minimum absolute atomic E-state index is 0.00344. The number of alkyl halides is 1. The number of hydrogen-bond donors (Lipinski definition) is 0. The maximum absolute atomic E-state index is 12.3. The van der Waals surface area contributed by atoms with E-state index >= 15 is 0 Å². The van der Waals surface area contributed by atoms with Gasteiger partial charge in [-0.25, -0.2) is 0 Å². The van der Waals surface area contributed by atoms with Crippen LogP contribution in [0.1, 0.15) is 36.2 Å². The second-order valence-corrected chi connectivity index (χ2v) is 4.90. The van der Waals surface area contributed by atoms with Crippen molar-refractivity contribution in [2.24, 2.45) is 0 Å². The topological polar surface area (TPSA) is 76.6 Å². The number of halogens is 1. The summed E-state index contributed by atoms with van der Waals surface area (Å²) in [6.45, 7) is 0.430. The minimum Gasteiger partial charge on any atom is -0.395 e. The van der Waals surface area contributed by atoms with Crippen molar-refractivity contribution in [2.75, 3.05) is 12.4 Å². The Hall–Kier alpha value is -1.56. The molecule has 1 aliphatic rings. The third kappa shape index (κ3) is 3.07. The lowest BCUT2D eigenvalue weighted by molar-refractivity contribution is -0.402. The highest BCUT2D eigenvalue weighted by Gasteiger charge is 2.29. The van der Waals surface area contributed by atoms with E-state index in [1.54, 1.807) is 4.90 Å². The van der Waals surface area contributed by atoms with Crippen LogP contribution in [0, 0.1) is 10.1 Å². The highest BCUT2D eigenvalue weighted by Crippen LogP contribution is 2.26. The third-order valence-electron chi connectivity index (χ3n) is 3.33. The van der Waals surface area contributed by atoms with Crippen LogP contribution in [0.25, 0.3) is 0 Å². The van der Waals surface area contributed by atoms with E-state index < -0.39 is 10.8 Å². The lowest BCUT2D eigenvalue weighted by Gasteiger charge is -2.27. The molecular formula is C12H15ClN2O4. The highest BCUT2D eigenvalue weighted by atomic mass is 35.5. The maximum Gasteiger partial charge on any atom is 0.433 e. The lowest BCUT2D eigenvalue weighted by Crippen LogP contribution is -2.40. The Kier molecular flexibility index (Phi) is 4.42. The van der Waals surface area contributed by atoms with Crippen LogP contribution in [0.15, 0.2) is 16.5 Å². The number of nitrogens with zero attached hydrogens (tertiary/aromatic N) is 2. The molecular weight excluding hydrogens is 272 g/mol. The summed E-state index contributed by atoms with van der Waals surface area (Å²) in [6.07, 6.45) is 4.08. The fraction of sp³-hybridized carbons (Fsp3) is 0.583. The number of hydrogen-bond acceptors (Lipinski definition) is 4. The number of rotatable bonds is 5. The molecule has 7 heteroatoms. The zero-order valence-electron chi connectivity index (χ0n) is 10.4. The first-order valence-corrected chi connectivity index (χ1v) is 6.78. The van der Waals surface area contributed by atoms with Gasteiger partial charge in [-0.2, -0.15) is 0 Å². The smallest absolute Gasteiger partial charge is 0.395 e. The molecule has 1 aromatic heterocycles. The zero-order valence-corrected chi connectivity index (χ0v) is 11.1. The van der Waals surface area contributed by atoms with Gasteiger partial charge in [0, 0.05) is 18.5 Å². The van der Waals surface area contributed by atoms with Crippen molar-refractivity contribution in [3.05, 3.63) is 28.0 Å². The molecule has 0 N–H and O–H groups in total. The average Bonchev–Trinajstić information content (AvgIpc) is 3.05. The molecule has 19 heavy (non-hydrogen) atoms. The van der Waals surface area contributed by atoms with E-state index in [4.69, 9.17) is 16.0 Å². The molecule has 1 aromatic rings. The summed E-state index contributed by atoms with van der Waals surface area (Å²) in [5, 5.41) is 10.6. The molecule has 0 atom stereocenters. The summed E-state index contributed by atoms with van der Waals surface area (Å²) < 4.78 is 4.96.